The lowest BCUT2D eigenvalue weighted by atomic mass is 10.2. The lowest BCUT2D eigenvalue weighted by Crippen LogP contribution is -2.16. The van der Waals surface area contributed by atoms with Crippen molar-refractivity contribution in [2.75, 3.05) is 6.61 Å². The van der Waals surface area contributed by atoms with Gasteiger partial charge in [0.25, 0.3) is 5.78 Å². The minimum atomic E-state index is -0.852. The highest BCUT2D eigenvalue weighted by atomic mass is 32.1. The molecule has 3 nitrogen and oxygen atoms in total. The number of thiophene rings is 1. The molecule has 19 heavy (non-hydrogen) atoms. The number of benzene rings is 1. The first-order chi connectivity index (χ1) is 9.11. The molecule has 0 saturated carbocycles. The van der Waals surface area contributed by atoms with E-state index in [1.807, 2.05) is 0 Å². The van der Waals surface area contributed by atoms with Crippen molar-refractivity contribution in [2.24, 2.45) is 0 Å². The molecule has 0 amide bonds. The van der Waals surface area contributed by atoms with Crippen molar-refractivity contribution >= 4 is 23.1 Å². The van der Waals surface area contributed by atoms with Crippen LogP contribution in [0.25, 0.3) is 10.4 Å². The fourth-order valence-electron chi connectivity index (χ4n) is 1.53. The third-order valence-electron chi connectivity index (χ3n) is 2.42. The van der Waals surface area contributed by atoms with E-state index in [4.69, 9.17) is 0 Å². The van der Waals surface area contributed by atoms with Gasteiger partial charge in [-0.2, -0.15) is 0 Å². The number of halogens is 1. The van der Waals surface area contributed by atoms with Crippen LogP contribution in [-0.2, 0) is 9.53 Å². The van der Waals surface area contributed by atoms with Crippen LogP contribution in [0.2, 0.25) is 0 Å². The average molecular weight is 278 g/mol. The summed E-state index contributed by atoms with van der Waals surface area (Å²) in [5, 5.41) is 0. The standard InChI is InChI=1S/C14H11FO3S/c1-2-18-14(17)13(16)12-8-7-11(19-12)9-3-5-10(15)6-4-9/h3-8H,2H2,1H3. The molecule has 0 aliphatic heterocycles. The van der Waals surface area contributed by atoms with Crippen LogP contribution in [0.1, 0.15) is 16.6 Å². The molecule has 1 aromatic carbocycles. The van der Waals surface area contributed by atoms with Crippen LogP contribution in [-0.4, -0.2) is 18.4 Å². The molecule has 0 fully saturated rings. The van der Waals surface area contributed by atoms with Gasteiger partial charge in [-0.3, -0.25) is 4.79 Å². The SMILES string of the molecule is CCOC(=O)C(=O)c1ccc(-c2ccc(F)cc2)s1. The summed E-state index contributed by atoms with van der Waals surface area (Å²) in [5.74, 6) is -1.82. The van der Waals surface area contributed by atoms with Gasteiger partial charge in [-0.15, -0.1) is 11.3 Å². The number of carbonyl (C=O) groups is 2. The Morgan fingerprint density at radius 1 is 1.16 bits per heavy atom. The molecular weight excluding hydrogens is 267 g/mol. The second-order valence-electron chi connectivity index (χ2n) is 3.72. The quantitative estimate of drug-likeness (QED) is 0.489. The van der Waals surface area contributed by atoms with Crippen molar-refractivity contribution in [3.63, 3.8) is 0 Å². The predicted octanol–water partition coefficient (Wildman–Crippen LogP) is 3.30. The zero-order valence-corrected chi connectivity index (χ0v) is 11.0. The first kappa shape index (κ1) is 13.4. The van der Waals surface area contributed by atoms with Gasteiger partial charge in [-0.1, -0.05) is 12.1 Å². The summed E-state index contributed by atoms with van der Waals surface area (Å²) >= 11 is 1.18. The smallest absolute Gasteiger partial charge is 0.380 e. The number of Topliss-reactive ketones (excluding diaryl/α,β-unsaturated/α-hetero) is 1. The van der Waals surface area contributed by atoms with Gasteiger partial charge in [0, 0.05) is 4.88 Å². The number of ketones is 1. The van der Waals surface area contributed by atoms with Gasteiger partial charge in [0.2, 0.25) is 0 Å². The molecule has 0 bridgehead atoms. The zero-order valence-electron chi connectivity index (χ0n) is 10.2. The molecule has 0 N–H and O–H groups in total. The van der Waals surface area contributed by atoms with Crippen molar-refractivity contribution in [3.8, 4) is 10.4 Å². The van der Waals surface area contributed by atoms with E-state index in [1.165, 1.54) is 23.5 Å². The second-order valence-corrected chi connectivity index (χ2v) is 4.80. The number of esters is 1. The number of hydrogen-bond acceptors (Lipinski definition) is 4. The largest absolute Gasteiger partial charge is 0.460 e. The van der Waals surface area contributed by atoms with Crippen molar-refractivity contribution < 1.29 is 18.7 Å². The summed E-state index contributed by atoms with van der Waals surface area (Å²) in [7, 11) is 0. The average Bonchev–Trinajstić information content (AvgIpc) is 2.88. The Kier molecular flexibility index (Phi) is 4.06. The molecule has 5 heteroatoms. The van der Waals surface area contributed by atoms with E-state index in [2.05, 4.69) is 4.74 Å². The molecule has 0 unspecified atom stereocenters. The number of carbonyl (C=O) groups excluding carboxylic acids is 2. The number of ether oxygens (including phenoxy) is 1. The highest BCUT2D eigenvalue weighted by Gasteiger charge is 2.19. The van der Waals surface area contributed by atoms with E-state index < -0.39 is 11.8 Å². The Hall–Kier alpha value is -2.01. The maximum absolute atomic E-state index is 12.8. The van der Waals surface area contributed by atoms with E-state index in [9.17, 15) is 14.0 Å². The van der Waals surface area contributed by atoms with Crippen molar-refractivity contribution in [2.45, 2.75) is 6.92 Å². The van der Waals surface area contributed by atoms with Crippen molar-refractivity contribution in [3.05, 3.63) is 47.1 Å². The molecule has 0 radical (unpaired) electrons. The Bertz CT molecular complexity index is 601. The molecule has 1 heterocycles. The molecule has 0 aliphatic rings. The lowest BCUT2D eigenvalue weighted by molar-refractivity contribution is -0.137. The van der Waals surface area contributed by atoms with Gasteiger partial charge in [-0.05, 0) is 36.8 Å². The zero-order chi connectivity index (χ0) is 13.8. The van der Waals surface area contributed by atoms with Crippen molar-refractivity contribution in [1.29, 1.82) is 0 Å². The molecular formula is C14H11FO3S. The Morgan fingerprint density at radius 3 is 2.47 bits per heavy atom. The summed E-state index contributed by atoms with van der Waals surface area (Å²) < 4.78 is 17.5. The van der Waals surface area contributed by atoms with Crippen LogP contribution in [0.5, 0.6) is 0 Å². The van der Waals surface area contributed by atoms with Crippen LogP contribution >= 0.6 is 11.3 Å². The normalized spacial score (nSPS) is 10.2. The van der Waals surface area contributed by atoms with E-state index >= 15 is 0 Å². The minimum Gasteiger partial charge on any atom is -0.460 e. The Balaban J connectivity index is 2.21. The molecule has 2 aromatic rings. The maximum atomic E-state index is 12.8. The fraction of sp³-hybridized carbons (Fsp3) is 0.143. The van der Waals surface area contributed by atoms with Gasteiger partial charge >= 0.3 is 5.97 Å². The Morgan fingerprint density at radius 2 is 1.84 bits per heavy atom. The molecule has 0 atom stereocenters. The van der Waals surface area contributed by atoms with E-state index in [1.54, 1.807) is 31.2 Å². The summed E-state index contributed by atoms with van der Waals surface area (Å²) in [4.78, 5) is 24.1. The van der Waals surface area contributed by atoms with Gasteiger partial charge in [0.15, 0.2) is 0 Å². The maximum Gasteiger partial charge on any atom is 0.380 e. The van der Waals surface area contributed by atoms with Crippen LogP contribution in [0.3, 0.4) is 0 Å². The first-order valence-electron chi connectivity index (χ1n) is 5.69. The van der Waals surface area contributed by atoms with E-state index in [-0.39, 0.29) is 12.4 Å². The van der Waals surface area contributed by atoms with Gasteiger partial charge in [-0.25, -0.2) is 9.18 Å². The monoisotopic (exact) mass is 278 g/mol. The highest BCUT2D eigenvalue weighted by molar-refractivity contribution is 7.18. The lowest BCUT2D eigenvalue weighted by Gasteiger charge is -1.98. The van der Waals surface area contributed by atoms with Crippen molar-refractivity contribution in [1.82, 2.24) is 0 Å². The number of rotatable bonds is 4. The summed E-state index contributed by atoms with van der Waals surface area (Å²) in [6, 6.07) is 9.25. The van der Waals surface area contributed by atoms with Gasteiger partial charge in [0.1, 0.15) is 5.82 Å². The number of hydrogen-bond donors (Lipinski definition) is 0. The molecule has 1 aromatic heterocycles. The summed E-state index contributed by atoms with van der Waals surface area (Å²) in [6.45, 7) is 1.81. The van der Waals surface area contributed by atoms with Crippen LogP contribution in [0, 0.1) is 5.82 Å². The molecule has 0 aliphatic carbocycles. The van der Waals surface area contributed by atoms with Gasteiger partial charge < -0.3 is 4.74 Å². The van der Waals surface area contributed by atoms with Crippen LogP contribution in [0.4, 0.5) is 4.39 Å². The Labute approximate surface area is 113 Å². The molecule has 0 spiro atoms. The van der Waals surface area contributed by atoms with E-state index in [0.29, 0.717) is 4.88 Å². The fourth-order valence-corrected chi connectivity index (χ4v) is 2.47. The molecule has 98 valence electrons. The van der Waals surface area contributed by atoms with E-state index in [0.717, 1.165) is 10.4 Å². The minimum absolute atomic E-state index is 0.167. The first-order valence-corrected chi connectivity index (χ1v) is 6.50. The molecule has 2 rings (SSSR count). The summed E-state index contributed by atoms with van der Waals surface area (Å²) in [6.07, 6.45) is 0. The summed E-state index contributed by atoms with van der Waals surface area (Å²) in [5.41, 5.74) is 0.800. The second kappa shape index (κ2) is 5.75. The highest BCUT2D eigenvalue weighted by Crippen LogP contribution is 2.28. The van der Waals surface area contributed by atoms with Crippen LogP contribution < -0.4 is 0 Å². The molecule has 0 saturated heterocycles. The van der Waals surface area contributed by atoms with Gasteiger partial charge in [0.05, 0.1) is 11.5 Å². The van der Waals surface area contributed by atoms with Crippen LogP contribution in [0.15, 0.2) is 36.4 Å². The predicted molar refractivity (Wildman–Crippen MR) is 70.7 cm³/mol. The topological polar surface area (TPSA) is 43.4 Å². The third-order valence-corrected chi connectivity index (χ3v) is 3.55. The third kappa shape index (κ3) is 3.06.